The van der Waals surface area contributed by atoms with E-state index in [0.29, 0.717) is 32.5 Å². The lowest BCUT2D eigenvalue weighted by molar-refractivity contribution is -0.187. The quantitative estimate of drug-likeness (QED) is 0.599. The number of rotatable bonds is 6. The zero-order valence-corrected chi connectivity index (χ0v) is 20.2. The van der Waals surface area contributed by atoms with Gasteiger partial charge in [0.1, 0.15) is 11.4 Å². The minimum atomic E-state index is -0.789. The van der Waals surface area contributed by atoms with Gasteiger partial charge in [-0.1, -0.05) is 42.5 Å². The van der Waals surface area contributed by atoms with Gasteiger partial charge in [-0.3, -0.25) is 9.63 Å². The van der Waals surface area contributed by atoms with Gasteiger partial charge in [-0.15, -0.1) is 0 Å². The van der Waals surface area contributed by atoms with Crippen LogP contribution in [0.5, 0.6) is 5.75 Å². The molecule has 0 aromatic heterocycles. The van der Waals surface area contributed by atoms with Crippen molar-refractivity contribution in [2.45, 2.75) is 51.2 Å². The highest BCUT2D eigenvalue weighted by Crippen LogP contribution is 2.38. The summed E-state index contributed by atoms with van der Waals surface area (Å²) in [6, 6.07) is 17.3. The molecular formula is C26H34N2O5. The third kappa shape index (κ3) is 5.85. The maximum atomic E-state index is 13.9. The number of likely N-dealkylation sites (tertiary alicyclic amines) is 1. The van der Waals surface area contributed by atoms with Crippen LogP contribution in [0.1, 0.15) is 44.7 Å². The van der Waals surface area contributed by atoms with E-state index in [-0.39, 0.29) is 12.0 Å². The van der Waals surface area contributed by atoms with Crippen LogP contribution in [0.15, 0.2) is 54.6 Å². The lowest BCUT2D eigenvalue weighted by Gasteiger charge is -2.43. The minimum absolute atomic E-state index is 0.115. The van der Waals surface area contributed by atoms with Crippen LogP contribution in [0, 0.1) is 0 Å². The van der Waals surface area contributed by atoms with Crippen molar-refractivity contribution >= 4 is 12.0 Å². The van der Waals surface area contributed by atoms with Crippen molar-refractivity contribution < 1.29 is 23.9 Å². The molecule has 1 fully saturated rings. The van der Waals surface area contributed by atoms with Crippen LogP contribution < -0.4 is 4.74 Å². The molecule has 7 heteroatoms. The van der Waals surface area contributed by atoms with Gasteiger partial charge in [0.05, 0.1) is 26.2 Å². The van der Waals surface area contributed by atoms with Gasteiger partial charge in [-0.05, 0) is 56.9 Å². The van der Waals surface area contributed by atoms with E-state index < -0.39 is 11.0 Å². The summed E-state index contributed by atoms with van der Waals surface area (Å²) in [5.41, 5.74) is 0.505. The molecule has 178 valence electrons. The fourth-order valence-corrected chi connectivity index (χ4v) is 4.14. The maximum absolute atomic E-state index is 13.9. The summed E-state index contributed by atoms with van der Waals surface area (Å²) >= 11 is 0. The van der Waals surface area contributed by atoms with E-state index in [4.69, 9.17) is 14.3 Å². The van der Waals surface area contributed by atoms with E-state index in [9.17, 15) is 9.59 Å². The Bertz CT molecular complexity index is 929. The van der Waals surface area contributed by atoms with E-state index >= 15 is 0 Å². The molecule has 0 bridgehead atoms. The molecule has 7 nitrogen and oxygen atoms in total. The number of carbonyl (C=O) groups is 2. The van der Waals surface area contributed by atoms with E-state index in [2.05, 4.69) is 0 Å². The second kappa shape index (κ2) is 10.3. The van der Waals surface area contributed by atoms with Crippen LogP contribution in [-0.4, -0.2) is 54.9 Å². The number of amides is 2. The zero-order chi connectivity index (χ0) is 24.1. The fourth-order valence-electron chi connectivity index (χ4n) is 4.14. The maximum Gasteiger partial charge on any atom is 0.410 e. The number of ether oxygens (including phenoxy) is 2. The lowest BCUT2D eigenvalue weighted by Crippen LogP contribution is -2.54. The first-order valence-corrected chi connectivity index (χ1v) is 11.2. The Morgan fingerprint density at radius 2 is 1.58 bits per heavy atom. The molecule has 3 rings (SSSR count). The smallest absolute Gasteiger partial charge is 0.410 e. The molecule has 0 radical (unpaired) electrons. The van der Waals surface area contributed by atoms with Crippen molar-refractivity contribution in [3.05, 3.63) is 65.7 Å². The van der Waals surface area contributed by atoms with Gasteiger partial charge in [-0.25, -0.2) is 9.86 Å². The number of nitrogens with zero attached hydrogens (tertiary/aromatic N) is 2. The Morgan fingerprint density at radius 1 is 0.970 bits per heavy atom. The Labute approximate surface area is 196 Å². The number of hydroxylamine groups is 2. The average Bonchev–Trinajstić information content (AvgIpc) is 2.82. The second-order valence-electron chi connectivity index (χ2n) is 9.29. The minimum Gasteiger partial charge on any atom is -0.497 e. The highest BCUT2D eigenvalue weighted by atomic mass is 16.7. The molecule has 0 unspecified atom stereocenters. The second-order valence-corrected chi connectivity index (χ2v) is 9.29. The number of hydrogen-bond donors (Lipinski definition) is 0. The molecule has 1 heterocycles. The SMILES string of the molecule is COc1ccc(CN(OC)C(=O)C2(c3ccccc3)CCN(C(=O)OC(C)(C)C)CC2)cc1. The van der Waals surface area contributed by atoms with Crippen molar-refractivity contribution in [1.29, 1.82) is 0 Å². The number of methoxy groups -OCH3 is 1. The average molecular weight is 455 g/mol. The summed E-state index contributed by atoms with van der Waals surface area (Å²) in [4.78, 5) is 33.8. The monoisotopic (exact) mass is 454 g/mol. The summed E-state index contributed by atoms with van der Waals surface area (Å²) in [5.74, 6) is 0.639. The van der Waals surface area contributed by atoms with Crippen LogP contribution >= 0.6 is 0 Å². The van der Waals surface area contributed by atoms with Crippen LogP contribution in [0.3, 0.4) is 0 Å². The molecular weight excluding hydrogens is 420 g/mol. The normalized spacial score (nSPS) is 15.6. The lowest BCUT2D eigenvalue weighted by atomic mass is 9.72. The van der Waals surface area contributed by atoms with Gasteiger partial charge < -0.3 is 14.4 Å². The van der Waals surface area contributed by atoms with Crippen molar-refractivity contribution in [2.75, 3.05) is 27.3 Å². The predicted molar refractivity (Wildman–Crippen MR) is 126 cm³/mol. The molecule has 33 heavy (non-hydrogen) atoms. The van der Waals surface area contributed by atoms with Gasteiger partial charge in [0, 0.05) is 13.1 Å². The molecule has 0 N–H and O–H groups in total. The van der Waals surface area contributed by atoms with E-state index in [0.717, 1.165) is 16.9 Å². The highest BCUT2D eigenvalue weighted by Gasteiger charge is 2.46. The number of carbonyl (C=O) groups excluding carboxylic acids is 2. The topological polar surface area (TPSA) is 68.3 Å². The van der Waals surface area contributed by atoms with Crippen LogP contribution in [-0.2, 0) is 26.3 Å². The van der Waals surface area contributed by atoms with Gasteiger partial charge in [0.2, 0.25) is 0 Å². The summed E-state index contributed by atoms with van der Waals surface area (Å²) in [7, 11) is 3.13. The van der Waals surface area contributed by atoms with Crippen LogP contribution in [0.4, 0.5) is 4.79 Å². The molecule has 1 saturated heterocycles. The Hall–Kier alpha value is -3.06. The number of piperidine rings is 1. The van der Waals surface area contributed by atoms with E-state index in [1.165, 1.54) is 12.2 Å². The third-order valence-electron chi connectivity index (χ3n) is 5.94. The summed E-state index contributed by atoms with van der Waals surface area (Å²) in [6.45, 7) is 6.71. The van der Waals surface area contributed by atoms with Crippen molar-refractivity contribution in [1.82, 2.24) is 9.96 Å². The third-order valence-corrected chi connectivity index (χ3v) is 5.94. The standard InChI is InChI=1S/C26H34N2O5/c1-25(2,3)33-24(30)27-17-15-26(16-18-27,21-9-7-6-8-10-21)23(29)28(32-5)19-20-11-13-22(31-4)14-12-20/h6-14H,15-19H2,1-5H3. The van der Waals surface area contributed by atoms with Crippen molar-refractivity contribution in [3.8, 4) is 5.75 Å². The molecule has 0 spiro atoms. The summed E-state index contributed by atoms with van der Waals surface area (Å²) in [5, 5.41) is 1.41. The molecule has 2 aromatic rings. The molecule has 0 atom stereocenters. The molecule has 0 aliphatic carbocycles. The Balaban J connectivity index is 1.83. The predicted octanol–water partition coefficient (Wildman–Crippen LogP) is 4.55. The molecule has 0 saturated carbocycles. The van der Waals surface area contributed by atoms with Crippen molar-refractivity contribution in [3.63, 3.8) is 0 Å². The van der Waals surface area contributed by atoms with Gasteiger partial charge >= 0.3 is 6.09 Å². The fraction of sp³-hybridized carbons (Fsp3) is 0.462. The Morgan fingerprint density at radius 3 is 2.09 bits per heavy atom. The summed E-state index contributed by atoms with van der Waals surface area (Å²) in [6.07, 6.45) is 0.619. The number of benzene rings is 2. The molecule has 1 aliphatic rings. The highest BCUT2D eigenvalue weighted by molar-refractivity contribution is 5.88. The largest absolute Gasteiger partial charge is 0.497 e. The molecule has 1 aliphatic heterocycles. The summed E-state index contributed by atoms with van der Waals surface area (Å²) < 4.78 is 10.8. The molecule has 2 aromatic carbocycles. The van der Waals surface area contributed by atoms with Gasteiger partial charge in [0.15, 0.2) is 0 Å². The zero-order valence-electron chi connectivity index (χ0n) is 20.2. The first kappa shape index (κ1) is 24.6. The molecule has 2 amide bonds. The van der Waals surface area contributed by atoms with Crippen LogP contribution in [0.25, 0.3) is 0 Å². The van der Waals surface area contributed by atoms with Crippen LogP contribution in [0.2, 0.25) is 0 Å². The first-order chi connectivity index (χ1) is 15.7. The van der Waals surface area contributed by atoms with Crippen molar-refractivity contribution in [2.24, 2.45) is 0 Å². The van der Waals surface area contributed by atoms with Gasteiger partial charge in [-0.2, -0.15) is 0 Å². The van der Waals surface area contributed by atoms with Gasteiger partial charge in [0.25, 0.3) is 5.91 Å². The first-order valence-electron chi connectivity index (χ1n) is 11.2. The Kier molecular flexibility index (Phi) is 7.64. The number of hydrogen-bond acceptors (Lipinski definition) is 5. The van der Waals surface area contributed by atoms with E-state index in [1.54, 1.807) is 12.0 Å². The van der Waals surface area contributed by atoms with E-state index in [1.807, 2.05) is 75.4 Å².